The fraction of sp³-hybridized carbons (Fsp3) is 0.391. The predicted molar refractivity (Wildman–Crippen MR) is 114 cm³/mol. The van der Waals surface area contributed by atoms with Crippen molar-refractivity contribution in [1.82, 2.24) is 10.6 Å². The van der Waals surface area contributed by atoms with Gasteiger partial charge in [-0.1, -0.05) is 42.5 Å². The van der Waals surface area contributed by atoms with Gasteiger partial charge in [-0.3, -0.25) is 9.59 Å². The molecule has 30 heavy (non-hydrogen) atoms. The number of amides is 2. The standard InChI is InChI=1S/C23H30N2O5/c1-2-29-17-30-16-21(25-23(28)20-10-8-19(15-26)9-11-20)12-13-22(27)24-14-18-6-4-3-5-7-18/h3-11,21,26H,2,12-17H2,1H3,(H,24,27)(H,25,28)/t21-/m0/s1. The van der Waals surface area contributed by atoms with Crippen molar-refractivity contribution in [3.63, 3.8) is 0 Å². The highest BCUT2D eigenvalue weighted by Crippen LogP contribution is 2.07. The van der Waals surface area contributed by atoms with Crippen LogP contribution in [-0.2, 0) is 27.4 Å². The van der Waals surface area contributed by atoms with Crippen LogP contribution in [0.15, 0.2) is 54.6 Å². The SMILES string of the molecule is CCOCOC[C@H](CCC(=O)NCc1ccccc1)NC(=O)c1ccc(CO)cc1. The molecule has 1 atom stereocenters. The van der Waals surface area contributed by atoms with E-state index in [1.165, 1.54) is 0 Å². The zero-order chi connectivity index (χ0) is 21.6. The van der Waals surface area contributed by atoms with E-state index < -0.39 is 0 Å². The van der Waals surface area contributed by atoms with Gasteiger partial charge in [0.1, 0.15) is 6.79 Å². The molecule has 0 spiro atoms. The summed E-state index contributed by atoms with van der Waals surface area (Å²) < 4.78 is 10.6. The molecule has 0 aromatic heterocycles. The van der Waals surface area contributed by atoms with Gasteiger partial charge in [0.25, 0.3) is 5.91 Å². The number of aliphatic hydroxyl groups excluding tert-OH is 1. The molecule has 2 aromatic carbocycles. The van der Waals surface area contributed by atoms with Crippen LogP contribution < -0.4 is 10.6 Å². The summed E-state index contributed by atoms with van der Waals surface area (Å²) in [5.41, 5.74) is 2.25. The highest BCUT2D eigenvalue weighted by molar-refractivity contribution is 5.94. The van der Waals surface area contributed by atoms with Gasteiger partial charge in [-0.25, -0.2) is 0 Å². The van der Waals surface area contributed by atoms with Crippen LogP contribution in [0, 0.1) is 0 Å². The van der Waals surface area contributed by atoms with Gasteiger partial charge in [0.2, 0.25) is 5.91 Å². The maximum atomic E-state index is 12.5. The van der Waals surface area contributed by atoms with E-state index in [4.69, 9.17) is 14.6 Å². The van der Waals surface area contributed by atoms with Crippen molar-refractivity contribution in [3.8, 4) is 0 Å². The zero-order valence-corrected chi connectivity index (χ0v) is 17.3. The van der Waals surface area contributed by atoms with Crippen LogP contribution in [0.5, 0.6) is 0 Å². The first-order valence-corrected chi connectivity index (χ1v) is 10.1. The summed E-state index contributed by atoms with van der Waals surface area (Å²) in [4.78, 5) is 24.7. The lowest BCUT2D eigenvalue weighted by atomic mass is 10.1. The van der Waals surface area contributed by atoms with Crippen molar-refractivity contribution in [3.05, 3.63) is 71.3 Å². The second-order valence-corrected chi connectivity index (χ2v) is 6.81. The molecule has 0 unspecified atom stereocenters. The molecule has 0 aliphatic carbocycles. The van der Waals surface area contributed by atoms with E-state index in [1.54, 1.807) is 24.3 Å². The number of aliphatic hydroxyl groups is 1. The Kier molecular flexibility index (Phi) is 10.6. The molecule has 0 aliphatic rings. The average molecular weight is 415 g/mol. The van der Waals surface area contributed by atoms with Crippen molar-refractivity contribution < 1.29 is 24.2 Å². The molecule has 0 saturated heterocycles. The summed E-state index contributed by atoms with van der Waals surface area (Å²) >= 11 is 0. The Morgan fingerprint density at radius 3 is 2.40 bits per heavy atom. The van der Waals surface area contributed by atoms with Crippen LogP contribution >= 0.6 is 0 Å². The predicted octanol–water partition coefficient (Wildman–Crippen LogP) is 2.38. The number of nitrogens with one attached hydrogen (secondary N) is 2. The molecule has 0 saturated carbocycles. The zero-order valence-electron chi connectivity index (χ0n) is 17.3. The fourth-order valence-corrected chi connectivity index (χ4v) is 2.75. The van der Waals surface area contributed by atoms with Crippen LogP contribution in [0.4, 0.5) is 0 Å². The number of hydrogen-bond acceptors (Lipinski definition) is 5. The van der Waals surface area contributed by atoms with Gasteiger partial charge in [0, 0.05) is 25.1 Å². The van der Waals surface area contributed by atoms with Crippen molar-refractivity contribution >= 4 is 11.8 Å². The highest BCUT2D eigenvalue weighted by atomic mass is 16.7. The van der Waals surface area contributed by atoms with E-state index in [9.17, 15) is 9.59 Å². The molecule has 2 rings (SSSR count). The third kappa shape index (κ3) is 8.73. The van der Waals surface area contributed by atoms with E-state index in [2.05, 4.69) is 10.6 Å². The smallest absolute Gasteiger partial charge is 0.251 e. The largest absolute Gasteiger partial charge is 0.392 e. The topological polar surface area (TPSA) is 96.9 Å². The molecular weight excluding hydrogens is 384 g/mol. The Morgan fingerprint density at radius 2 is 1.73 bits per heavy atom. The molecule has 2 aromatic rings. The Morgan fingerprint density at radius 1 is 1.00 bits per heavy atom. The minimum absolute atomic E-state index is 0.0755. The third-order valence-corrected chi connectivity index (χ3v) is 4.48. The van der Waals surface area contributed by atoms with Crippen LogP contribution in [0.25, 0.3) is 0 Å². The van der Waals surface area contributed by atoms with E-state index >= 15 is 0 Å². The first-order valence-electron chi connectivity index (χ1n) is 10.1. The van der Waals surface area contributed by atoms with Gasteiger partial charge in [-0.15, -0.1) is 0 Å². The van der Waals surface area contributed by atoms with Gasteiger partial charge in [-0.2, -0.15) is 0 Å². The van der Waals surface area contributed by atoms with Crippen LogP contribution in [-0.4, -0.2) is 43.0 Å². The lowest BCUT2D eigenvalue weighted by Gasteiger charge is -2.19. The Labute approximate surface area is 177 Å². The molecule has 0 fully saturated rings. The van der Waals surface area contributed by atoms with E-state index in [-0.39, 0.29) is 44.3 Å². The highest BCUT2D eigenvalue weighted by Gasteiger charge is 2.16. The number of benzene rings is 2. The molecule has 7 nitrogen and oxygen atoms in total. The van der Waals surface area contributed by atoms with Crippen molar-refractivity contribution in [2.45, 2.75) is 39.0 Å². The molecule has 2 amide bonds. The Bertz CT molecular complexity index is 765. The number of carbonyl (C=O) groups is 2. The van der Waals surface area contributed by atoms with Gasteiger partial charge >= 0.3 is 0 Å². The average Bonchev–Trinajstić information content (AvgIpc) is 2.79. The maximum absolute atomic E-state index is 12.5. The molecule has 0 heterocycles. The molecule has 0 radical (unpaired) electrons. The monoisotopic (exact) mass is 414 g/mol. The summed E-state index contributed by atoms with van der Waals surface area (Å²) in [6.45, 7) is 3.18. The molecule has 0 aliphatic heterocycles. The first-order chi connectivity index (χ1) is 14.6. The number of ether oxygens (including phenoxy) is 2. The fourth-order valence-electron chi connectivity index (χ4n) is 2.75. The van der Waals surface area contributed by atoms with Crippen molar-refractivity contribution in [2.24, 2.45) is 0 Å². The van der Waals surface area contributed by atoms with Gasteiger partial charge in [0.05, 0.1) is 19.3 Å². The maximum Gasteiger partial charge on any atom is 0.251 e. The number of carbonyl (C=O) groups excluding carboxylic acids is 2. The second-order valence-electron chi connectivity index (χ2n) is 6.81. The van der Waals surface area contributed by atoms with Crippen LogP contribution in [0.2, 0.25) is 0 Å². The van der Waals surface area contributed by atoms with Gasteiger partial charge in [-0.05, 0) is 36.6 Å². The first kappa shape index (κ1) is 23.5. The summed E-state index contributed by atoms with van der Waals surface area (Å²) in [5.74, 6) is -0.343. The normalized spacial score (nSPS) is 11.7. The van der Waals surface area contributed by atoms with E-state index in [1.807, 2.05) is 37.3 Å². The molecule has 7 heteroatoms. The Balaban J connectivity index is 1.85. The van der Waals surface area contributed by atoms with E-state index in [0.717, 1.165) is 11.1 Å². The summed E-state index contributed by atoms with van der Waals surface area (Å²) in [7, 11) is 0. The summed E-state index contributed by atoms with van der Waals surface area (Å²) in [5, 5.41) is 14.9. The second kappa shape index (κ2) is 13.5. The number of rotatable bonds is 13. The quantitative estimate of drug-likeness (QED) is 0.345. The summed E-state index contributed by atoms with van der Waals surface area (Å²) in [6, 6.07) is 16.1. The van der Waals surface area contributed by atoms with Gasteiger partial charge in [0.15, 0.2) is 0 Å². The molecule has 162 valence electrons. The minimum atomic E-state index is -0.335. The number of hydrogen-bond donors (Lipinski definition) is 3. The lowest BCUT2D eigenvalue weighted by molar-refractivity contribution is -0.121. The van der Waals surface area contributed by atoms with Gasteiger partial charge < -0.3 is 25.2 Å². The third-order valence-electron chi connectivity index (χ3n) is 4.48. The van der Waals surface area contributed by atoms with Crippen LogP contribution in [0.3, 0.4) is 0 Å². The lowest BCUT2D eigenvalue weighted by Crippen LogP contribution is -2.39. The molecule has 0 bridgehead atoms. The minimum Gasteiger partial charge on any atom is -0.392 e. The summed E-state index contributed by atoms with van der Waals surface area (Å²) in [6.07, 6.45) is 0.701. The molecular formula is C23H30N2O5. The van der Waals surface area contributed by atoms with Crippen LogP contribution in [0.1, 0.15) is 41.3 Å². The van der Waals surface area contributed by atoms with E-state index in [0.29, 0.717) is 25.1 Å². The van der Waals surface area contributed by atoms with Crippen molar-refractivity contribution in [1.29, 1.82) is 0 Å². The Hall–Kier alpha value is -2.74. The molecule has 3 N–H and O–H groups in total. The van der Waals surface area contributed by atoms with Crippen molar-refractivity contribution in [2.75, 3.05) is 20.0 Å².